The number of para-hydroxylation sites is 1. The molecule has 2 rings (SSSR count). The molecule has 2 N–H and O–H groups in total. The Hall–Kier alpha value is -1.77. The summed E-state index contributed by atoms with van der Waals surface area (Å²) in [6.07, 6.45) is 0.438. The first-order chi connectivity index (χ1) is 9.04. The van der Waals surface area contributed by atoms with Gasteiger partial charge in [0, 0.05) is 19.2 Å². The molecule has 0 atom stereocenters. The monoisotopic (exact) mass is 282 g/mol. The van der Waals surface area contributed by atoms with E-state index in [9.17, 15) is 8.42 Å². The Bertz CT molecular complexity index is 652. The van der Waals surface area contributed by atoms with Gasteiger partial charge in [-0.3, -0.25) is 4.57 Å². The van der Waals surface area contributed by atoms with E-state index in [0.29, 0.717) is 24.5 Å². The summed E-state index contributed by atoms with van der Waals surface area (Å²) in [4.78, 5) is 0. The molecule has 0 bridgehead atoms. The minimum Gasteiger partial charge on any atom is -0.384 e. The Morgan fingerprint density at radius 3 is 2.53 bits per heavy atom. The molecule has 0 amide bonds. The zero-order valence-corrected chi connectivity index (χ0v) is 11.2. The molecular formula is C11H14N4O3S. The van der Waals surface area contributed by atoms with Gasteiger partial charge < -0.3 is 4.74 Å². The third kappa shape index (κ3) is 2.98. The summed E-state index contributed by atoms with van der Waals surface area (Å²) in [6.45, 7) is 0.412. The van der Waals surface area contributed by atoms with Crippen molar-refractivity contribution >= 4 is 10.0 Å². The van der Waals surface area contributed by atoms with Crippen LogP contribution in [0.25, 0.3) is 5.69 Å². The lowest BCUT2D eigenvalue weighted by Gasteiger charge is -2.08. The third-order valence-corrected chi connectivity index (χ3v) is 3.27. The molecule has 0 saturated heterocycles. The second-order valence-corrected chi connectivity index (χ2v) is 5.31. The van der Waals surface area contributed by atoms with Gasteiger partial charge in [-0.2, -0.15) is 0 Å². The minimum atomic E-state index is -3.94. The number of aromatic nitrogens is 3. The van der Waals surface area contributed by atoms with Crippen molar-refractivity contribution in [1.82, 2.24) is 14.8 Å². The Kier molecular flexibility index (Phi) is 3.93. The van der Waals surface area contributed by atoms with Crippen molar-refractivity contribution < 1.29 is 13.2 Å². The molecule has 0 spiro atoms. The smallest absolute Gasteiger partial charge is 0.274 e. The van der Waals surface area contributed by atoms with Gasteiger partial charge in [0.05, 0.1) is 6.61 Å². The predicted octanol–water partition coefficient (Wildman–Crippen LogP) is 0.104. The summed E-state index contributed by atoms with van der Waals surface area (Å²) in [5.41, 5.74) is 0.641. The number of nitrogens with zero attached hydrogens (tertiary/aromatic N) is 3. The van der Waals surface area contributed by atoms with E-state index in [0.717, 1.165) is 0 Å². The van der Waals surface area contributed by atoms with E-state index in [1.165, 1.54) is 4.57 Å². The van der Waals surface area contributed by atoms with Crippen molar-refractivity contribution in [3.63, 3.8) is 0 Å². The molecule has 0 aliphatic carbocycles. The van der Waals surface area contributed by atoms with E-state index < -0.39 is 10.0 Å². The highest BCUT2D eigenvalue weighted by Gasteiger charge is 2.21. The highest BCUT2D eigenvalue weighted by atomic mass is 32.2. The van der Waals surface area contributed by atoms with Crippen LogP contribution in [0.15, 0.2) is 35.5 Å². The average molecular weight is 282 g/mol. The van der Waals surface area contributed by atoms with Crippen LogP contribution in [0.4, 0.5) is 0 Å². The molecule has 0 saturated carbocycles. The normalized spacial score (nSPS) is 11.7. The molecule has 0 aliphatic rings. The molecular weight excluding hydrogens is 268 g/mol. The van der Waals surface area contributed by atoms with Gasteiger partial charge in [0.25, 0.3) is 15.2 Å². The van der Waals surface area contributed by atoms with Crippen LogP contribution in [0.5, 0.6) is 0 Å². The second-order valence-electron chi connectivity index (χ2n) is 3.86. The van der Waals surface area contributed by atoms with Crippen LogP contribution in [0.2, 0.25) is 0 Å². The van der Waals surface area contributed by atoms with Crippen molar-refractivity contribution in [3.8, 4) is 5.69 Å². The zero-order chi connectivity index (χ0) is 13.9. The molecule has 8 heteroatoms. The third-order valence-electron chi connectivity index (χ3n) is 2.50. The first-order valence-electron chi connectivity index (χ1n) is 5.55. The number of nitrogens with two attached hydrogens (primary N) is 1. The van der Waals surface area contributed by atoms with Crippen molar-refractivity contribution in [2.75, 3.05) is 13.7 Å². The van der Waals surface area contributed by atoms with Gasteiger partial charge in [-0.05, 0) is 12.1 Å². The fourth-order valence-electron chi connectivity index (χ4n) is 1.68. The SMILES string of the molecule is COCCc1nnc(S(N)(=O)=O)n1-c1ccccc1. The van der Waals surface area contributed by atoms with Gasteiger partial charge in [-0.25, -0.2) is 13.6 Å². The lowest BCUT2D eigenvalue weighted by atomic mass is 10.3. The molecule has 19 heavy (non-hydrogen) atoms. The zero-order valence-electron chi connectivity index (χ0n) is 10.4. The predicted molar refractivity (Wildman–Crippen MR) is 68.3 cm³/mol. The number of primary sulfonamides is 1. The topological polar surface area (TPSA) is 100 Å². The van der Waals surface area contributed by atoms with Crippen molar-refractivity contribution in [2.24, 2.45) is 5.14 Å². The first kappa shape index (κ1) is 13.7. The quantitative estimate of drug-likeness (QED) is 0.838. The summed E-state index contributed by atoms with van der Waals surface area (Å²) in [7, 11) is -2.38. The van der Waals surface area contributed by atoms with Crippen LogP contribution in [0.3, 0.4) is 0 Å². The van der Waals surface area contributed by atoms with Gasteiger partial charge >= 0.3 is 0 Å². The summed E-state index contributed by atoms with van der Waals surface area (Å²) in [5.74, 6) is 0.483. The van der Waals surface area contributed by atoms with E-state index in [1.54, 1.807) is 31.4 Å². The van der Waals surface area contributed by atoms with E-state index in [2.05, 4.69) is 10.2 Å². The van der Waals surface area contributed by atoms with E-state index in [-0.39, 0.29) is 5.16 Å². The highest BCUT2D eigenvalue weighted by Crippen LogP contribution is 2.16. The van der Waals surface area contributed by atoms with Crippen LogP contribution in [0, 0.1) is 0 Å². The van der Waals surface area contributed by atoms with Gasteiger partial charge in [-0.15, -0.1) is 10.2 Å². The fraction of sp³-hybridized carbons (Fsp3) is 0.273. The number of sulfonamides is 1. The maximum atomic E-state index is 11.5. The molecule has 0 aliphatic heterocycles. The summed E-state index contributed by atoms with van der Waals surface area (Å²) >= 11 is 0. The van der Waals surface area contributed by atoms with Crippen molar-refractivity contribution in [3.05, 3.63) is 36.2 Å². The van der Waals surface area contributed by atoms with Gasteiger partial charge in [0.1, 0.15) is 5.82 Å². The molecule has 0 radical (unpaired) electrons. The Morgan fingerprint density at radius 2 is 1.95 bits per heavy atom. The van der Waals surface area contributed by atoms with Crippen LogP contribution >= 0.6 is 0 Å². The van der Waals surface area contributed by atoms with Gasteiger partial charge in [-0.1, -0.05) is 18.2 Å². The van der Waals surface area contributed by atoms with Gasteiger partial charge in [0.2, 0.25) is 0 Å². The van der Waals surface area contributed by atoms with Crippen LogP contribution in [-0.4, -0.2) is 36.9 Å². The lowest BCUT2D eigenvalue weighted by Crippen LogP contribution is -2.19. The van der Waals surface area contributed by atoms with E-state index in [1.807, 2.05) is 6.07 Å². The maximum Gasteiger partial charge on any atom is 0.274 e. The Labute approximate surface area is 111 Å². The minimum absolute atomic E-state index is 0.273. The fourth-order valence-corrected chi connectivity index (χ4v) is 2.30. The van der Waals surface area contributed by atoms with Gasteiger partial charge in [0.15, 0.2) is 0 Å². The first-order valence-corrected chi connectivity index (χ1v) is 7.10. The number of benzene rings is 1. The highest BCUT2D eigenvalue weighted by molar-refractivity contribution is 7.89. The second kappa shape index (κ2) is 5.47. The molecule has 0 fully saturated rings. The maximum absolute atomic E-state index is 11.5. The number of ether oxygens (including phenoxy) is 1. The van der Waals surface area contributed by atoms with Crippen molar-refractivity contribution in [2.45, 2.75) is 11.6 Å². The van der Waals surface area contributed by atoms with Crippen LogP contribution < -0.4 is 5.14 Å². The molecule has 7 nitrogen and oxygen atoms in total. The van der Waals surface area contributed by atoms with E-state index in [4.69, 9.17) is 9.88 Å². The number of rotatable bonds is 5. The standard InChI is InChI=1S/C11H14N4O3S/c1-18-8-7-10-13-14-11(19(12,16)17)15(10)9-5-3-2-4-6-9/h2-6H,7-8H2,1H3,(H2,12,16,17). The lowest BCUT2D eigenvalue weighted by molar-refractivity contribution is 0.200. The molecule has 1 aromatic carbocycles. The van der Waals surface area contributed by atoms with Crippen LogP contribution in [0.1, 0.15) is 5.82 Å². The largest absolute Gasteiger partial charge is 0.384 e. The molecule has 0 unspecified atom stereocenters. The molecule has 1 heterocycles. The Morgan fingerprint density at radius 1 is 1.26 bits per heavy atom. The summed E-state index contributed by atoms with van der Waals surface area (Å²) in [5, 5.41) is 12.4. The number of hydrogen-bond donors (Lipinski definition) is 1. The summed E-state index contributed by atoms with van der Waals surface area (Å²) in [6, 6.07) is 8.94. The number of methoxy groups -OCH3 is 1. The van der Waals surface area contributed by atoms with Crippen LogP contribution in [-0.2, 0) is 21.2 Å². The van der Waals surface area contributed by atoms with Crippen molar-refractivity contribution in [1.29, 1.82) is 0 Å². The summed E-state index contributed by atoms with van der Waals surface area (Å²) < 4.78 is 29.5. The van der Waals surface area contributed by atoms with E-state index >= 15 is 0 Å². The average Bonchev–Trinajstić information content (AvgIpc) is 2.81. The molecule has 1 aromatic heterocycles. The molecule has 2 aromatic rings. The number of hydrogen-bond acceptors (Lipinski definition) is 5. The molecule has 102 valence electrons. The Balaban J connectivity index is 2.57.